The van der Waals surface area contributed by atoms with Crippen LogP contribution in [0.1, 0.15) is 12.6 Å². The number of hydrogen-bond donors (Lipinski definition) is 2. The van der Waals surface area contributed by atoms with Gasteiger partial charge in [0, 0.05) is 24.1 Å². The van der Waals surface area contributed by atoms with Gasteiger partial charge < -0.3 is 11.5 Å². The molecule has 25 heavy (non-hydrogen) atoms. The summed E-state index contributed by atoms with van der Waals surface area (Å²) in [5.74, 6) is 1.13. The van der Waals surface area contributed by atoms with Gasteiger partial charge in [0.2, 0.25) is 5.91 Å². The van der Waals surface area contributed by atoms with Gasteiger partial charge in [-0.05, 0) is 12.1 Å². The van der Waals surface area contributed by atoms with Crippen LogP contribution in [0.2, 0.25) is 0 Å². The van der Waals surface area contributed by atoms with Crippen molar-refractivity contribution in [3.63, 3.8) is 0 Å². The Labute approximate surface area is 153 Å². The van der Waals surface area contributed by atoms with Gasteiger partial charge in [0.1, 0.15) is 11.6 Å². The van der Waals surface area contributed by atoms with E-state index in [-0.39, 0.29) is 5.91 Å². The summed E-state index contributed by atoms with van der Waals surface area (Å²) >= 11 is 2.80. The predicted molar refractivity (Wildman–Crippen MR) is 102 cm³/mol. The second kappa shape index (κ2) is 7.49. The summed E-state index contributed by atoms with van der Waals surface area (Å²) in [4.78, 5) is 26.4. The fourth-order valence-electron chi connectivity index (χ4n) is 2.13. The van der Waals surface area contributed by atoms with Crippen LogP contribution in [-0.2, 0) is 10.5 Å². The first-order chi connectivity index (χ1) is 12.0. The fourth-order valence-corrected chi connectivity index (χ4v) is 3.89. The normalized spacial score (nSPS) is 10.6. The third-order valence-corrected chi connectivity index (χ3v) is 4.91. The Morgan fingerprint density at radius 2 is 1.84 bits per heavy atom. The van der Waals surface area contributed by atoms with Crippen molar-refractivity contribution in [3.8, 4) is 0 Å². The van der Waals surface area contributed by atoms with Crippen LogP contribution in [0, 0.1) is 0 Å². The number of amides is 1. The number of thioether (sulfide) groups is 1. The molecule has 0 aliphatic carbocycles. The van der Waals surface area contributed by atoms with E-state index < -0.39 is 0 Å². The molecule has 0 fully saturated rings. The largest absolute Gasteiger partial charge is 0.383 e. The van der Waals surface area contributed by atoms with E-state index >= 15 is 0 Å². The molecule has 7 nitrogen and oxygen atoms in total. The number of thiazole rings is 1. The van der Waals surface area contributed by atoms with Gasteiger partial charge in [-0.15, -0.1) is 11.3 Å². The molecule has 0 atom stereocenters. The van der Waals surface area contributed by atoms with Gasteiger partial charge in [-0.3, -0.25) is 9.69 Å². The number of nitrogens with two attached hydrogens (primary N) is 2. The van der Waals surface area contributed by atoms with Crippen LogP contribution in [0.5, 0.6) is 0 Å². The van der Waals surface area contributed by atoms with E-state index in [0.717, 1.165) is 11.4 Å². The summed E-state index contributed by atoms with van der Waals surface area (Å²) in [6, 6.07) is 10.9. The third kappa shape index (κ3) is 4.25. The lowest BCUT2D eigenvalue weighted by atomic mass is 10.3. The molecule has 9 heteroatoms. The van der Waals surface area contributed by atoms with E-state index in [0.29, 0.717) is 27.7 Å². The minimum Gasteiger partial charge on any atom is -0.383 e. The maximum Gasteiger partial charge on any atom is 0.230 e. The second-order valence-electron chi connectivity index (χ2n) is 5.10. The van der Waals surface area contributed by atoms with Gasteiger partial charge >= 0.3 is 0 Å². The van der Waals surface area contributed by atoms with Crippen molar-refractivity contribution < 1.29 is 4.79 Å². The van der Waals surface area contributed by atoms with Crippen LogP contribution in [-0.4, -0.2) is 20.9 Å². The lowest BCUT2D eigenvalue weighted by molar-refractivity contribution is -0.115. The van der Waals surface area contributed by atoms with E-state index in [1.54, 1.807) is 4.90 Å². The first-order valence-corrected chi connectivity index (χ1v) is 9.22. The maximum absolute atomic E-state index is 12.0. The first-order valence-electron chi connectivity index (χ1n) is 7.36. The quantitative estimate of drug-likeness (QED) is 0.523. The summed E-state index contributed by atoms with van der Waals surface area (Å²) in [5.41, 5.74) is 13.0. The van der Waals surface area contributed by atoms with Crippen LogP contribution < -0.4 is 16.4 Å². The molecular formula is C16H16N6OS2. The average Bonchev–Trinajstić information content (AvgIpc) is 3.01. The molecule has 1 aromatic carbocycles. The van der Waals surface area contributed by atoms with Gasteiger partial charge in [-0.2, -0.15) is 0 Å². The number of benzene rings is 1. The highest BCUT2D eigenvalue weighted by Gasteiger charge is 2.17. The molecular weight excluding hydrogens is 356 g/mol. The number of hydrogen-bond acceptors (Lipinski definition) is 8. The third-order valence-electron chi connectivity index (χ3n) is 3.15. The Morgan fingerprint density at radius 3 is 2.48 bits per heavy atom. The molecule has 0 bridgehead atoms. The van der Waals surface area contributed by atoms with E-state index in [2.05, 4.69) is 15.0 Å². The molecule has 2 aromatic heterocycles. The minimum absolute atomic E-state index is 0.0910. The summed E-state index contributed by atoms with van der Waals surface area (Å²) in [6.45, 7) is 1.52. The number of aromatic nitrogens is 3. The fraction of sp³-hybridized carbons (Fsp3) is 0.125. The van der Waals surface area contributed by atoms with Gasteiger partial charge in [-0.25, -0.2) is 15.0 Å². The van der Waals surface area contributed by atoms with Crippen molar-refractivity contribution in [3.05, 3.63) is 47.5 Å². The number of nitrogens with zero attached hydrogens (tertiary/aromatic N) is 4. The van der Waals surface area contributed by atoms with Crippen LogP contribution in [0.4, 0.5) is 22.5 Å². The Hall–Kier alpha value is -2.65. The lowest BCUT2D eigenvalue weighted by Crippen LogP contribution is -2.22. The predicted octanol–water partition coefficient (Wildman–Crippen LogP) is 3.07. The Bertz CT molecular complexity index is 863. The topological polar surface area (TPSA) is 111 Å². The first kappa shape index (κ1) is 17.2. The smallest absolute Gasteiger partial charge is 0.230 e. The number of anilines is 4. The molecule has 3 rings (SSSR count). The van der Waals surface area contributed by atoms with Crippen LogP contribution in [0.15, 0.2) is 46.9 Å². The zero-order valence-electron chi connectivity index (χ0n) is 13.4. The molecule has 0 unspecified atom stereocenters. The molecule has 0 radical (unpaired) electrons. The van der Waals surface area contributed by atoms with Crippen molar-refractivity contribution in [1.29, 1.82) is 0 Å². The molecule has 0 saturated carbocycles. The molecule has 1 amide bonds. The average molecular weight is 372 g/mol. The lowest BCUT2D eigenvalue weighted by Gasteiger charge is -2.17. The molecule has 0 saturated heterocycles. The van der Waals surface area contributed by atoms with Crippen LogP contribution in [0.25, 0.3) is 0 Å². The van der Waals surface area contributed by atoms with Gasteiger partial charge in [-0.1, -0.05) is 30.0 Å². The highest BCUT2D eigenvalue weighted by molar-refractivity contribution is 7.98. The van der Waals surface area contributed by atoms with Gasteiger partial charge in [0.15, 0.2) is 10.3 Å². The number of carbonyl (C=O) groups excluding carboxylic acids is 1. The Morgan fingerprint density at radius 1 is 1.16 bits per heavy atom. The number of rotatable bonds is 5. The summed E-state index contributed by atoms with van der Waals surface area (Å²) in [5, 5.41) is 3.04. The highest BCUT2D eigenvalue weighted by Crippen LogP contribution is 2.30. The van der Waals surface area contributed by atoms with Crippen LogP contribution in [0.3, 0.4) is 0 Å². The number of nitrogen functional groups attached to an aromatic ring is 2. The van der Waals surface area contributed by atoms with Gasteiger partial charge in [0.05, 0.1) is 11.4 Å². The van der Waals surface area contributed by atoms with Crippen molar-refractivity contribution in [2.24, 2.45) is 0 Å². The van der Waals surface area contributed by atoms with E-state index in [9.17, 15) is 4.79 Å². The molecule has 0 aliphatic heterocycles. The van der Waals surface area contributed by atoms with Crippen molar-refractivity contribution in [1.82, 2.24) is 15.0 Å². The van der Waals surface area contributed by atoms with Crippen LogP contribution >= 0.6 is 23.1 Å². The standard InChI is InChI=1S/C16H16N6OS2/c1-10(23)22(12-5-3-2-4-6-12)16-19-11(9-25-16)8-24-15-20-13(17)7-14(18)21-15/h2-7,9H,8H2,1H3,(H4,17,18,20,21). The molecule has 0 aliphatic rings. The van der Waals surface area contributed by atoms with Gasteiger partial charge in [0.25, 0.3) is 0 Å². The van der Waals surface area contributed by atoms with E-state index in [1.807, 2.05) is 35.7 Å². The molecule has 0 spiro atoms. The molecule has 2 heterocycles. The monoisotopic (exact) mass is 372 g/mol. The maximum atomic E-state index is 12.0. The van der Waals surface area contributed by atoms with Crippen molar-refractivity contribution >= 4 is 51.5 Å². The molecule has 128 valence electrons. The second-order valence-corrected chi connectivity index (χ2v) is 6.88. The van der Waals surface area contributed by atoms with E-state index in [1.165, 1.54) is 36.1 Å². The van der Waals surface area contributed by atoms with Crippen molar-refractivity contribution in [2.75, 3.05) is 16.4 Å². The van der Waals surface area contributed by atoms with E-state index in [4.69, 9.17) is 11.5 Å². The van der Waals surface area contributed by atoms with Crippen molar-refractivity contribution in [2.45, 2.75) is 17.8 Å². The number of carbonyl (C=O) groups is 1. The summed E-state index contributed by atoms with van der Waals surface area (Å²) in [7, 11) is 0. The summed E-state index contributed by atoms with van der Waals surface area (Å²) < 4.78 is 0. The zero-order valence-corrected chi connectivity index (χ0v) is 15.0. The number of para-hydroxylation sites is 1. The molecule has 3 aromatic rings. The highest BCUT2D eigenvalue weighted by atomic mass is 32.2. The minimum atomic E-state index is -0.0910. The Kier molecular flexibility index (Phi) is 5.15. The SMILES string of the molecule is CC(=O)N(c1ccccc1)c1nc(CSc2nc(N)cc(N)n2)cs1. The Balaban J connectivity index is 1.76. The zero-order chi connectivity index (χ0) is 17.8. The molecule has 4 N–H and O–H groups in total. The summed E-state index contributed by atoms with van der Waals surface area (Å²) in [6.07, 6.45) is 0.